The first-order valence-corrected chi connectivity index (χ1v) is 5.97. The molecule has 0 heterocycles. The number of hydrogen-bond donors (Lipinski definition) is 2. The summed E-state index contributed by atoms with van der Waals surface area (Å²) < 4.78 is 5.40. The van der Waals surface area contributed by atoms with E-state index in [1.165, 1.54) is 0 Å². The van der Waals surface area contributed by atoms with E-state index in [4.69, 9.17) is 22.1 Å². The van der Waals surface area contributed by atoms with Gasteiger partial charge in [0.15, 0.2) is 0 Å². The fourth-order valence-corrected chi connectivity index (χ4v) is 1.51. The lowest BCUT2D eigenvalue weighted by Crippen LogP contribution is -2.14. The van der Waals surface area contributed by atoms with Crippen molar-refractivity contribution < 1.29 is 9.53 Å². The number of rotatable bonds is 6. The molecule has 6 heteroatoms. The van der Waals surface area contributed by atoms with Crippen molar-refractivity contribution in [2.45, 2.75) is 19.8 Å². The monoisotopic (exact) mass is 292 g/mol. The molecule has 0 atom stereocenters. The van der Waals surface area contributed by atoms with E-state index in [0.717, 1.165) is 0 Å². The standard InChI is InChI=1S/C12H17ClN2O2.ClH/c1-2-17-11-8-9(13)5-6-10(11)15-12(16)4-3-7-14;/h5-6,8H,2-4,7,14H2,1H3,(H,15,16);1H. The van der Waals surface area contributed by atoms with Crippen molar-refractivity contribution in [1.82, 2.24) is 0 Å². The molecule has 1 aromatic carbocycles. The number of nitrogens with one attached hydrogen (secondary N) is 1. The predicted octanol–water partition coefficient (Wildman–Crippen LogP) is 2.84. The lowest BCUT2D eigenvalue weighted by Gasteiger charge is -2.11. The molecule has 3 N–H and O–H groups in total. The number of ether oxygens (including phenoxy) is 1. The fraction of sp³-hybridized carbons (Fsp3) is 0.417. The van der Waals surface area contributed by atoms with Gasteiger partial charge < -0.3 is 15.8 Å². The van der Waals surface area contributed by atoms with E-state index in [2.05, 4.69) is 5.32 Å². The maximum atomic E-state index is 11.6. The van der Waals surface area contributed by atoms with Crippen LogP contribution in [0.2, 0.25) is 5.02 Å². The lowest BCUT2D eigenvalue weighted by atomic mass is 10.2. The normalized spacial score (nSPS) is 9.50. The molecular formula is C12H18Cl2N2O2. The van der Waals surface area contributed by atoms with Crippen LogP contribution in [0.25, 0.3) is 0 Å². The minimum Gasteiger partial charge on any atom is -0.492 e. The number of hydrogen-bond acceptors (Lipinski definition) is 3. The molecule has 1 rings (SSSR count). The molecule has 0 aliphatic carbocycles. The quantitative estimate of drug-likeness (QED) is 0.847. The van der Waals surface area contributed by atoms with Crippen LogP contribution in [0.15, 0.2) is 18.2 Å². The Labute approximate surface area is 118 Å². The van der Waals surface area contributed by atoms with Crippen molar-refractivity contribution in [2.75, 3.05) is 18.5 Å². The molecule has 0 aliphatic heterocycles. The maximum absolute atomic E-state index is 11.6. The number of benzene rings is 1. The third-order valence-electron chi connectivity index (χ3n) is 2.13. The van der Waals surface area contributed by atoms with Gasteiger partial charge in [0.25, 0.3) is 0 Å². The number of carbonyl (C=O) groups is 1. The molecule has 0 aliphatic rings. The first-order chi connectivity index (χ1) is 8.17. The summed E-state index contributed by atoms with van der Waals surface area (Å²) in [6.45, 7) is 2.90. The SMILES string of the molecule is CCOc1cc(Cl)ccc1NC(=O)CCCN.Cl. The Kier molecular flexibility index (Phi) is 8.54. The van der Waals surface area contributed by atoms with E-state index >= 15 is 0 Å². The van der Waals surface area contributed by atoms with Gasteiger partial charge in [-0.05, 0) is 32.0 Å². The van der Waals surface area contributed by atoms with Gasteiger partial charge in [-0.15, -0.1) is 12.4 Å². The van der Waals surface area contributed by atoms with Gasteiger partial charge in [-0.1, -0.05) is 11.6 Å². The smallest absolute Gasteiger partial charge is 0.224 e. The van der Waals surface area contributed by atoms with Crippen LogP contribution in [0.4, 0.5) is 5.69 Å². The molecule has 1 amide bonds. The van der Waals surface area contributed by atoms with Crippen molar-refractivity contribution in [3.8, 4) is 5.75 Å². The largest absolute Gasteiger partial charge is 0.492 e. The molecule has 0 saturated carbocycles. The second kappa shape index (κ2) is 9.03. The first kappa shape index (κ1) is 17.0. The molecule has 0 aromatic heterocycles. The number of halogens is 2. The van der Waals surface area contributed by atoms with E-state index in [0.29, 0.717) is 42.5 Å². The highest BCUT2D eigenvalue weighted by atomic mass is 35.5. The maximum Gasteiger partial charge on any atom is 0.224 e. The lowest BCUT2D eigenvalue weighted by molar-refractivity contribution is -0.116. The van der Waals surface area contributed by atoms with Crippen LogP contribution in [0.1, 0.15) is 19.8 Å². The van der Waals surface area contributed by atoms with Gasteiger partial charge >= 0.3 is 0 Å². The third kappa shape index (κ3) is 5.58. The zero-order valence-corrected chi connectivity index (χ0v) is 11.8. The van der Waals surface area contributed by atoms with Gasteiger partial charge in [0.2, 0.25) is 5.91 Å². The fourth-order valence-electron chi connectivity index (χ4n) is 1.35. The molecule has 0 fully saturated rings. The number of anilines is 1. The second-order valence-electron chi connectivity index (χ2n) is 3.51. The Bertz CT molecular complexity index is 386. The van der Waals surface area contributed by atoms with Gasteiger partial charge in [-0.25, -0.2) is 0 Å². The zero-order chi connectivity index (χ0) is 12.7. The van der Waals surface area contributed by atoms with Crippen LogP contribution in [0.3, 0.4) is 0 Å². The number of nitrogens with two attached hydrogens (primary N) is 1. The van der Waals surface area contributed by atoms with Crippen LogP contribution < -0.4 is 15.8 Å². The first-order valence-electron chi connectivity index (χ1n) is 5.59. The Morgan fingerprint density at radius 3 is 2.83 bits per heavy atom. The molecule has 0 spiro atoms. The van der Waals surface area contributed by atoms with Crippen LogP contribution >= 0.6 is 24.0 Å². The van der Waals surface area contributed by atoms with Gasteiger partial charge in [-0.3, -0.25) is 4.79 Å². The van der Waals surface area contributed by atoms with E-state index in [1.54, 1.807) is 18.2 Å². The Balaban J connectivity index is 0.00000289. The summed E-state index contributed by atoms with van der Waals surface area (Å²) in [4.78, 5) is 11.6. The van der Waals surface area contributed by atoms with Crippen molar-refractivity contribution in [2.24, 2.45) is 5.73 Å². The Morgan fingerprint density at radius 1 is 1.50 bits per heavy atom. The summed E-state index contributed by atoms with van der Waals surface area (Å²) in [7, 11) is 0. The predicted molar refractivity (Wildman–Crippen MR) is 76.8 cm³/mol. The molecule has 0 saturated heterocycles. The number of carbonyl (C=O) groups excluding carboxylic acids is 1. The molecule has 0 radical (unpaired) electrons. The van der Waals surface area contributed by atoms with E-state index in [-0.39, 0.29) is 18.3 Å². The summed E-state index contributed by atoms with van der Waals surface area (Å²) >= 11 is 5.86. The topological polar surface area (TPSA) is 64.3 Å². The highest BCUT2D eigenvalue weighted by Gasteiger charge is 2.08. The summed E-state index contributed by atoms with van der Waals surface area (Å²) in [5.41, 5.74) is 5.98. The molecular weight excluding hydrogens is 275 g/mol. The van der Waals surface area contributed by atoms with E-state index in [9.17, 15) is 4.79 Å². The summed E-state index contributed by atoms with van der Waals surface area (Å²) in [5, 5.41) is 3.36. The van der Waals surface area contributed by atoms with Gasteiger partial charge in [0.1, 0.15) is 5.75 Å². The van der Waals surface area contributed by atoms with Crippen LogP contribution in [-0.2, 0) is 4.79 Å². The number of amides is 1. The average molecular weight is 293 g/mol. The highest BCUT2D eigenvalue weighted by Crippen LogP contribution is 2.28. The van der Waals surface area contributed by atoms with Crippen molar-refractivity contribution >= 4 is 35.6 Å². The minimum atomic E-state index is -0.0706. The van der Waals surface area contributed by atoms with Crippen LogP contribution in [0, 0.1) is 0 Å². The highest BCUT2D eigenvalue weighted by molar-refractivity contribution is 6.30. The summed E-state index contributed by atoms with van der Waals surface area (Å²) in [5.74, 6) is 0.514. The average Bonchev–Trinajstić information content (AvgIpc) is 2.30. The minimum absolute atomic E-state index is 0. The second-order valence-corrected chi connectivity index (χ2v) is 3.95. The van der Waals surface area contributed by atoms with Crippen LogP contribution in [-0.4, -0.2) is 19.1 Å². The molecule has 1 aromatic rings. The zero-order valence-electron chi connectivity index (χ0n) is 10.2. The molecule has 18 heavy (non-hydrogen) atoms. The van der Waals surface area contributed by atoms with Crippen molar-refractivity contribution in [3.05, 3.63) is 23.2 Å². The van der Waals surface area contributed by atoms with Crippen LogP contribution in [0.5, 0.6) is 5.75 Å². The van der Waals surface area contributed by atoms with E-state index < -0.39 is 0 Å². The van der Waals surface area contributed by atoms with Gasteiger partial charge in [0, 0.05) is 17.5 Å². The molecule has 0 unspecified atom stereocenters. The van der Waals surface area contributed by atoms with Crippen molar-refractivity contribution in [3.63, 3.8) is 0 Å². The summed E-state index contributed by atoms with van der Waals surface area (Å²) in [6, 6.07) is 5.12. The van der Waals surface area contributed by atoms with Gasteiger partial charge in [0.05, 0.1) is 12.3 Å². The summed E-state index contributed by atoms with van der Waals surface area (Å²) in [6.07, 6.45) is 1.08. The van der Waals surface area contributed by atoms with Gasteiger partial charge in [-0.2, -0.15) is 0 Å². The molecule has 4 nitrogen and oxygen atoms in total. The molecule has 102 valence electrons. The Hall–Kier alpha value is -0.970. The van der Waals surface area contributed by atoms with Crippen molar-refractivity contribution in [1.29, 1.82) is 0 Å². The molecule has 0 bridgehead atoms. The third-order valence-corrected chi connectivity index (χ3v) is 2.36. The Morgan fingerprint density at radius 2 is 2.22 bits per heavy atom. The van der Waals surface area contributed by atoms with E-state index in [1.807, 2.05) is 6.92 Å².